The molecule has 4 rings (SSSR count). The fourth-order valence-corrected chi connectivity index (χ4v) is 5.59. The van der Waals surface area contributed by atoms with Gasteiger partial charge in [0, 0.05) is 21.2 Å². The third kappa shape index (κ3) is 4.97. The van der Waals surface area contributed by atoms with Crippen molar-refractivity contribution in [2.75, 3.05) is 14.2 Å². The predicted molar refractivity (Wildman–Crippen MR) is 132 cm³/mol. The van der Waals surface area contributed by atoms with E-state index in [1.54, 1.807) is 21.1 Å². The van der Waals surface area contributed by atoms with E-state index < -0.39 is 0 Å². The van der Waals surface area contributed by atoms with Crippen molar-refractivity contribution in [3.05, 3.63) is 54.4 Å². The first kappa shape index (κ1) is 23.8. The zero-order chi connectivity index (χ0) is 22.3. The Morgan fingerprint density at radius 2 is 1.23 bits per heavy atom. The van der Waals surface area contributed by atoms with E-state index in [9.17, 15) is 4.79 Å². The lowest BCUT2D eigenvalue weighted by Gasteiger charge is -2.16. The van der Waals surface area contributed by atoms with Gasteiger partial charge in [-0.1, -0.05) is 29.8 Å². The van der Waals surface area contributed by atoms with Crippen LogP contribution >= 0.6 is 47.8 Å². The Labute approximate surface area is 204 Å². The zero-order valence-electron chi connectivity index (χ0n) is 18.0. The van der Waals surface area contributed by atoms with Crippen LogP contribution in [0.25, 0.3) is 0 Å². The van der Waals surface area contributed by atoms with Crippen LogP contribution in [0.2, 0.25) is 0 Å². The maximum atomic E-state index is 11.4. The summed E-state index contributed by atoms with van der Waals surface area (Å²) in [6, 6.07) is 7.99. The summed E-state index contributed by atoms with van der Waals surface area (Å²) in [6.45, 7) is 6.08. The molecule has 2 fully saturated rings. The van der Waals surface area contributed by atoms with E-state index in [-0.39, 0.29) is 11.2 Å². The second kappa shape index (κ2) is 8.95. The fraction of sp³-hybridized carbons (Fsp3) is 0.458. The van der Waals surface area contributed by atoms with E-state index in [2.05, 4.69) is 67.7 Å². The number of hydrogen-bond donors (Lipinski definition) is 0. The lowest BCUT2D eigenvalue weighted by Crippen LogP contribution is -2.06. The number of methoxy groups -OCH3 is 2. The van der Waals surface area contributed by atoms with E-state index in [4.69, 9.17) is 9.47 Å². The first-order valence-corrected chi connectivity index (χ1v) is 12.3. The third-order valence-electron chi connectivity index (χ3n) is 6.17. The highest BCUT2D eigenvalue weighted by atomic mass is 79.9. The molecule has 0 aromatic heterocycles. The summed E-state index contributed by atoms with van der Waals surface area (Å²) in [5.41, 5.74) is 3.73. The minimum atomic E-state index is 0.0915. The van der Waals surface area contributed by atoms with Crippen molar-refractivity contribution in [1.82, 2.24) is 0 Å². The molecule has 0 spiro atoms. The minimum Gasteiger partial charge on any atom is -0.495 e. The highest BCUT2D eigenvalue weighted by molar-refractivity contribution is 9.11. The predicted octanol–water partition coefficient (Wildman–Crippen LogP) is 7.98. The number of ketones is 1. The molecule has 2 aromatic rings. The number of Topliss-reactive ketones (excluding diaryl/α,β-unsaturated/α-hetero) is 1. The normalized spacial score (nSPS) is 17.5. The molecule has 6 heteroatoms. The molecule has 0 radical (unpaired) electrons. The van der Waals surface area contributed by atoms with Gasteiger partial charge < -0.3 is 9.47 Å². The van der Waals surface area contributed by atoms with E-state index in [0.29, 0.717) is 5.41 Å². The number of rotatable bonds is 5. The summed E-state index contributed by atoms with van der Waals surface area (Å²) >= 11 is 10.5. The van der Waals surface area contributed by atoms with Gasteiger partial charge in [-0.25, -0.2) is 0 Å². The van der Waals surface area contributed by atoms with E-state index in [0.717, 1.165) is 48.9 Å². The van der Waals surface area contributed by atoms with Gasteiger partial charge in [-0.3, -0.25) is 4.79 Å². The van der Waals surface area contributed by atoms with E-state index in [1.807, 2.05) is 18.2 Å². The number of ether oxygens (including phenoxy) is 2. The van der Waals surface area contributed by atoms with Gasteiger partial charge in [-0.15, -0.1) is 0 Å². The van der Waals surface area contributed by atoms with Crippen molar-refractivity contribution >= 4 is 53.6 Å². The minimum absolute atomic E-state index is 0.0915. The monoisotopic (exact) mass is 600 g/mol. The number of benzene rings is 2. The summed E-state index contributed by atoms with van der Waals surface area (Å²) in [5, 5.41) is 0. The first-order valence-electron chi connectivity index (χ1n) is 9.97. The average molecular weight is 603 g/mol. The van der Waals surface area contributed by atoms with Crippen molar-refractivity contribution in [3.8, 4) is 11.5 Å². The topological polar surface area (TPSA) is 35.5 Å². The molecule has 3 nitrogen and oxygen atoms in total. The summed E-state index contributed by atoms with van der Waals surface area (Å²) < 4.78 is 13.8. The van der Waals surface area contributed by atoms with Gasteiger partial charge in [0.25, 0.3) is 0 Å². The standard InChI is InChI=1S/C13H15BrO2.C11H12Br2O/c1-8(15)9-6-10(13(2)4-5-13)12(16-3)11(14)7-9;1-11(3-4-11)8-5-7(12)6-9(13)10(8)14-2/h6-7H,4-5H2,1-3H3;5-6H,3-4H2,1-2H3. The summed E-state index contributed by atoms with van der Waals surface area (Å²) in [4.78, 5) is 11.4. The Morgan fingerprint density at radius 1 is 0.800 bits per heavy atom. The molecular weight excluding hydrogens is 576 g/mol. The molecule has 0 N–H and O–H groups in total. The van der Waals surface area contributed by atoms with Crippen LogP contribution in [0.4, 0.5) is 0 Å². The third-order valence-corrected chi connectivity index (χ3v) is 7.80. The van der Waals surface area contributed by atoms with Crippen molar-refractivity contribution in [1.29, 1.82) is 0 Å². The van der Waals surface area contributed by atoms with Crippen molar-refractivity contribution in [2.45, 2.75) is 57.3 Å². The number of carbonyl (C=O) groups excluding carboxylic acids is 1. The lowest BCUT2D eigenvalue weighted by molar-refractivity contribution is 0.101. The maximum Gasteiger partial charge on any atom is 0.159 e. The van der Waals surface area contributed by atoms with Crippen LogP contribution in [0.3, 0.4) is 0 Å². The molecule has 0 aliphatic heterocycles. The van der Waals surface area contributed by atoms with Crippen LogP contribution in [0.5, 0.6) is 11.5 Å². The molecule has 2 aromatic carbocycles. The van der Waals surface area contributed by atoms with E-state index in [1.165, 1.54) is 18.4 Å². The van der Waals surface area contributed by atoms with Crippen LogP contribution in [-0.4, -0.2) is 20.0 Å². The van der Waals surface area contributed by atoms with Gasteiger partial charge in [0.15, 0.2) is 5.78 Å². The van der Waals surface area contributed by atoms with Crippen LogP contribution < -0.4 is 9.47 Å². The molecular formula is C24H27Br3O3. The molecule has 2 aliphatic rings. The molecule has 2 saturated carbocycles. The molecule has 0 bridgehead atoms. The highest BCUT2D eigenvalue weighted by Crippen LogP contribution is 2.53. The van der Waals surface area contributed by atoms with Gasteiger partial charge in [-0.2, -0.15) is 0 Å². The lowest BCUT2D eigenvalue weighted by atomic mass is 9.94. The summed E-state index contributed by atoms with van der Waals surface area (Å²) in [6.07, 6.45) is 4.84. The Balaban J connectivity index is 0.000000172. The molecule has 30 heavy (non-hydrogen) atoms. The first-order chi connectivity index (χ1) is 14.0. The van der Waals surface area contributed by atoms with E-state index >= 15 is 0 Å². The van der Waals surface area contributed by atoms with Crippen LogP contribution in [0, 0.1) is 0 Å². The second-order valence-electron chi connectivity index (χ2n) is 8.68. The summed E-state index contributed by atoms with van der Waals surface area (Å²) in [7, 11) is 3.39. The van der Waals surface area contributed by atoms with Crippen molar-refractivity contribution < 1.29 is 14.3 Å². The number of halogens is 3. The quantitative estimate of drug-likeness (QED) is 0.326. The van der Waals surface area contributed by atoms with Crippen LogP contribution in [0.15, 0.2) is 37.7 Å². The zero-order valence-corrected chi connectivity index (χ0v) is 22.8. The molecule has 2 aliphatic carbocycles. The maximum absolute atomic E-state index is 11.4. The van der Waals surface area contributed by atoms with Gasteiger partial charge >= 0.3 is 0 Å². The molecule has 0 atom stereocenters. The van der Waals surface area contributed by atoms with Gasteiger partial charge in [-0.05, 0) is 99.6 Å². The molecule has 0 amide bonds. The van der Waals surface area contributed by atoms with Crippen molar-refractivity contribution in [2.24, 2.45) is 0 Å². The molecule has 162 valence electrons. The van der Waals surface area contributed by atoms with Gasteiger partial charge in [0.2, 0.25) is 0 Å². The Kier molecular flexibility index (Phi) is 7.10. The number of hydrogen-bond acceptors (Lipinski definition) is 3. The Bertz CT molecular complexity index is 976. The molecule has 0 saturated heterocycles. The molecule has 0 heterocycles. The average Bonchev–Trinajstić information content (AvgIpc) is 3.60. The fourth-order valence-electron chi connectivity index (χ4n) is 3.58. The number of carbonyl (C=O) groups is 1. The van der Waals surface area contributed by atoms with Crippen LogP contribution in [-0.2, 0) is 10.8 Å². The van der Waals surface area contributed by atoms with Gasteiger partial charge in [0.05, 0.1) is 23.2 Å². The largest absolute Gasteiger partial charge is 0.495 e. The van der Waals surface area contributed by atoms with Crippen LogP contribution in [0.1, 0.15) is 67.9 Å². The van der Waals surface area contributed by atoms with Crippen molar-refractivity contribution in [3.63, 3.8) is 0 Å². The Morgan fingerprint density at radius 3 is 1.63 bits per heavy atom. The smallest absolute Gasteiger partial charge is 0.159 e. The highest BCUT2D eigenvalue weighted by Gasteiger charge is 2.42. The molecule has 0 unspecified atom stereocenters. The Hall–Kier alpha value is -0.850. The SMILES string of the molecule is COc1c(Br)cc(Br)cc1C1(C)CC1.COc1c(Br)cc(C(C)=O)cc1C1(C)CC1. The van der Waals surface area contributed by atoms with Gasteiger partial charge in [0.1, 0.15) is 11.5 Å². The second-order valence-corrected chi connectivity index (χ2v) is 11.3. The summed E-state index contributed by atoms with van der Waals surface area (Å²) in [5.74, 6) is 1.94.